The van der Waals surface area contributed by atoms with E-state index in [1.165, 1.54) is 12.1 Å². The molecule has 0 saturated carbocycles. The highest BCUT2D eigenvalue weighted by molar-refractivity contribution is 6.32. The zero-order chi connectivity index (χ0) is 18.5. The molecule has 1 atom stereocenters. The zero-order valence-electron chi connectivity index (χ0n) is 13.9. The highest BCUT2D eigenvalue weighted by atomic mass is 35.5. The molecule has 2 aromatic rings. The summed E-state index contributed by atoms with van der Waals surface area (Å²) in [5.74, 6) is -0.255. The van der Waals surface area contributed by atoms with E-state index in [2.05, 4.69) is 5.32 Å². The second-order valence-corrected chi connectivity index (χ2v) is 6.28. The second-order valence-electron chi connectivity index (χ2n) is 5.87. The van der Waals surface area contributed by atoms with Gasteiger partial charge in [0.1, 0.15) is 11.1 Å². The van der Waals surface area contributed by atoms with Gasteiger partial charge in [0.05, 0.1) is 18.1 Å². The van der Waals surface area contributed by atoms with E-state index in [4.69, 9.17) is 16.3 Å². The number of hydrogen-bond acceptors (Lipinski definition) is 5. The maximum atomic E-state index is 13.0. The average Bonchev–Trinajstić information content (AvgIpc) is 2.65. The van der Waals surface area contributed by atoms with Gasteiger partial charge in [-0.05, 0) is 17.7 Å². The molecule has 1 amide bonds. The largest absolute Gasteiger partial charge is 0.379 e. The monoisotopic (exact) mass is 375 g/mol. The van der Waals surface area contributed by atoms with Gasteiger partial charge in [0.2, 0.25) is 5.91 Å². The summed E-state index contributed by atoms with van der Waals surface area (Å²) in [5, 5.41) is 13.9. The summed E-state index contributed by atoms with van der Waals surface area (Å²) in [6, 6.07) is 13.1. The summed E-state index contributed by atoms with van der Waals surface area (Å²) < 4.78 is 5.38. The molecule has 0 radical (unpaired) electrons. The number of carbonyl (C=O) groups excluding carboxylic acids is 1. The number of nitrogens with zero attached hydrogens (tertiary/aromatic N) is 2. The normalized spacial score (nSPS) is 16.0. The van der Waals surface area contributed by atoms with Gasteiger partial charge in [0.25, 0.3) is 5.69 Å². The molecule has 0 aromatic heterocycles. The van der Waals surface area contributed by atoms with Crippen LogP contribution in [0.2, 0.25) is 5.02 Å². The van der Waals surface area contributed by atoms with Gasteiger partial charge in [-0.3, -0.25) is 19.8 Å². The van der Waals surface area contributed by atoms with E-state index in [1.54, 1.807) is 6.07 Å². The zero-order valence-corrected chi connectivity index (χ0v) is 14.7. The summed E-state index contributed by atoms with van der Waals surface area (Å²) in [4.78, 5) is 25.5. The van der Waals surface area contributed by atoms with E-state index in [1.807, 2.05) is 35.2 Å². The van der Waals surface area contributed by atoms with Crippen molar-refractivity contribution in [2.24, 2.45) is 0 Å². The average molecular weight is 376 g/mol. The van der Waals surface area contributed by atoms with E-state index in [-0.39, 0.29) is 16.6 Å². The van der Waals surface area contributed by atoms with Crippen molar-refractivity contribution in [3.8, 4) is 0 Å². The summed E-state index contributed by atoms with van der Waals surface area (Å²) in [5.41, 5.74) is 0.947. The van der Waals surface area contributed by atoms with Gasteiger partial charge in [-0.2, -0.15) is 0 Å². The number of halogens is 1. The van der Waals surface area contributed by atoms with Crippen molar-refractivity contribution >= 4 is 28.9 Å². The Morgan fingerprint density at radius 1 is 1.19 bits per heavy atom. The molecule has 1 N–H and O–H groups in total. The maximum Gasteiger partial charge on any atom is 0.289 e. The van der Waals surface area contributed by atoms with Crippen molar-refractivity contribution in [2.75, 3.05) is 31.6 Å². The standard InChI is InChI=1S/C18H18ClN3O4/c19-15-7-6-14(12-16(15)22(24)25)20-18(23)17(13-4-2-1-3-5-13)21-8-10-26-11-9-21/h1-7,12,17H,8-11H2,(H,20,23). The van der Waals surface area contributed by atoms with Crippen LogP contribution in [0.5, 0.6) is 0 Å². The van der Waals surface area contributed by atoms with Gasteiger partial charge in [0.15, 0.2) is 0 Å². The van der Waals surface area contributed by atoms with Crippen molar-refractivity contribution in [1.29, 1.82) is 0 Å². The van der Waals surface area contributed by atoms with Crippen LogP contribution in [0.4, 0.5) is 11.4 Å². The third kappa shape index (κ3) is 4.19. The molecule has 2 aromatic carbocycles. The minimum Gasteiger partial charge on any atom is -0.379 e. The number of rotatable bonds is 5. The van der Waals surface area contributed by atoms with E-state index < -0.39 is 11.0 Å². The number of carbonyl (C=O) groups is 1. The fourth-order valence-corrected chi connectivity index (χ4v) is 3.13. The van der Waals surface area contributed by atoms with Crippen LogP contribution < -0.4 is 5.32 Å². The first kappa shape index (κ1) is 18.3. The number of ether oxygens (including phenoxy) is 1. The molecule has 0 bridgehead atoms. The first-order valence-electron chi connectivity index (χ1n) is 8.18. The van der Waals surface area contributed by atoms with Gasteiger partial charge in [-0.15, -0.1) is 0 Å². The number of benzene rings is 2. The Morgan fingerprint density at radius 3 is 2.54 bits per heavy atom. The number of amides is 1. The summed E-state index contributed by atoms with van der Waals surface area (Å²) in [6.45, 7) is 2.38. The first-order chi connectivity index (χ1) is 12.6. The highest BCUT2D eigenvalue weighted by Crippen LogP contribution is 2.29. The predicted octanol–water partition coefficient (Wildman–Crippen LogP) is 3.26. The first-order valence-corrected chi connectivity index (χ1v) is 8.55. The van der Waals surface area contributed by atoms with Gasteiger partial charge in [-0.1, -0.05) is 41.9 Å². The number of anilines is 1. The van der Waals surface area contributed by atoms with Gasteiger partial charge >= 0.3 is 0 Å². The molecule has 136 valence electrons. The lowest BCUT2D eigenvalue weighted by molar-refractivity contribution is -0.384. The van der Waals surface area contributed by atoms with Crippen LogP contribution in [0.15, 0.2) is 48.5 Å². The van der Waals surface area contributed by atoms with E-state index in [9.17, 15) is 14.9 Å². The Kier molecular flexibility index (Phi) is 5.82. The quantitative estimate of drug-likeness (QED) is 0.640. The Morgan fingerprint density at radius 2 is 1.88 bits per heavy atom. The fourth-order valence-electron chi connectivity index (χ4n) is 2.94. The number of nitro groups is 1. The lowest BCUT2D eigenvalue weighted by Gasteiger charge is -2.33. The molecular formula is C18H18ClN3O4. The summed E-state index contributed by atoms with van der Waals surface area (Å²) in [7, 11) is 0. The number of hydrogen-bond donors (Lipinski definition) is 1. The molecule has 1 aliphatic heterocycles. The lowest BCUT2D eigenvalue weighted by Crippen LogP contribution is -2.43. The number of nitrogens with one attached hydrogen (secondary N) is 1. The minimum absolute atomic E-state index is 0.0285. The van der Waals surface area contributed by atoms with Crippen LogP contribution in [0.1, 0.15) is 11.6 Å². The number of nitro benzene ring substituents is 1. The SMILES string of the molecule is O=C(Nc1ccc(Cl)c([N+](=O)[O-])c1)C(c1ccccc1)N1CCOCC1. The Balaban J connectivity index is 1.86. The molecule has 26 heavy (non-hydrogen) atoms. The van der Waals surface area contributed by atoms with Crippen LogP contribution in [0, 0.1) is 10.1 Å². The van der Waals surface area contributed by atoms with Crippen molar-refractivity contribution in [3.63, 3.8) is 0 Å². The topological polar surface area (TPSA) is 84.7 Å². The fraction of sp³-hybridized carbons (Fsp3) is 0.278. The Labute approximate surface area is 155 Å². The molecular weight excluding hydrogens is 358 g/mol. The van der Waals surface area contributed by atoms with Crippen LogP contribution >= 0.6 is 11.6 Å². The summed E-state index contributed by atoms with van der Waals surface area (Å²) in [6.07, 6.45) is 0. The van der Waals surface area contributed by atoms with Crippen molar-refractivity contribution < 1.29 is 14.5 Å². The Bertz CT molecular complexity index is 794. The molecule has 0 spiro atoms. The second kappa shape index (κ2) is 8.27. The third-order valence-electron chi connectivity index (χ3n) is 4.18. The van der Waals surface area contributed by atoms with E-state index in [0.29, 0.717) is 32.0 Å². The molecule has 0 aliphatic carbocycles. The van der Waals surface area contributed by atoms with Crippen LogP contribution in [0.25, 0.3) is 0 Å². The van der Waals surface area contributed by atoms with Crippen LogP contribution in [0.3, 0.4) is 0 Å². The molecule has 1 saturated heterocycles. The number of morpholine rings is 1. The molecule has 7 nitrogen and oxygen atoms in total. The molecule has 1 aliphatic rings. The molecule has 8 heteroatoms. The Hall–Kier alpha value is -2.48. The van der Waals surface area contributed by atoms with Crippen molar-refractivity contribution in [2.45, 2.75) is 6.04 Å². The summed E-state index contributed by atoms with van der Waals surface area (Å²) >= 11 is 5.83. The third-order valence-corrected chi connectivity index (χ3v) is 4.50. The van der Waals surface area contributed by atoms with Crippen molar-refractivity contribution in [3.05, 3.63) is 69.2 Å². The van der Waals surface area contributed by atoms with Gasteiger partial charge < -0.3 is 10.1 Å². The highest BCUT2D eigenvalue weighted by Gasteiger charge is 2.29. The maximum absolute atomic E-state index is 13.0. The van der Waals surface area contributed by atoms with Crippen LogP contribution in [-0.2, 0) is 9.53 Å². The minimum atomic E-state index is -0.575. The van der Waals surface area contributed by atoms with Crippen molar-refractivity contribution in [1.82, 2.24) is 4.90 Å². The lowest BCUT2D eigenvalue weighted by atomic mass is 10.0. The van der Waals surface area contributed by atoms with E-state index in [0.717, 1.165) is 5.56 Å². The van der Waals surface area contributed by atoms with E-state index >= 15 is 0 Å². The molecule has 1 fully saturated rings. The van der Waals surface area contributed by atoms with Gasteiger partial charge in [0, 0.05) is 24.8 Å². The smallest absolute Gasteiger partial charge is 0.289 e. The predicted molar refractivity (Wildman–Crippen MR) is 98.3 cm³/mol. The van der Waals surface area contributed by atoms with Crippen LogP contribution in [-0.4, -0.2) is 42.0 Å². The molecule has 3 rings (SSSR count). The molecule has 1 heterocycles. The molecule has 1 unspecified atom stereocenters. The van der Waals surface area contributed by atoms with Gasteiger partial charge in [-0.25, -0.2) is 0 Å².